The second-order valence-corrected chi connectivity index (χ2v) is 8.17. The lowest BCUT2D eigenvalue weighted by molar-refractivity contribution is -0.137. The molecular formula is C20H20F4N6O2. The van der Waals surface area contributed by atoms with Crippen molar-refractivity contribution >= 4 is 22.8 Å². The minimum Gasteiger partial charge on any atom is -0.393 e. The van der Waals surface area contributed by atoms with Gasteiger partial charge in [-0.1, -0.05) is 6.07 Å². The number of nitrogens with zero attached hydrogens (tertiary/aromatic N) is 5. The topological polar surface area (TPSA) is 99.3 Å². The minimum absolute atomic E-state index is 0.0175. The second-order valence-electron chi connectivity index (χ2n) is 8.17. The van der Waals surface area contributed by atoms with Crippen LogP contribution in [-0.2, 0) is 6.18 Å². The van der Waals surface area contributed by atoms with Crippen LogP contribution < -0.4 is 10.2 Å². The van der Waals surface area contributed by atoms with Gasteiger partial charge in [0.15, 0.2) is 5.65 Å². The molecule has 2 atom stereocenters. The Hall–Kier alpha value is -2.99. The van der Waals surface area contributed by atoms with Gasteiger partial charge in [-0.15, -0.1) is 0 Å². The van der Waals surface area contributed by atoms with Crippen LogP contribution in [0.3, 0.4) is 0 Å². The number of hydrogen-bond donors (Lipinski definition) is 3. The van der Waals surface area contributed by atoms with Crippen molar-refractivity contribution in [1.82, 2.24) is 19.7 Å². The summed E-state index contributed by atoms with van der Waals surface area (Å²) in [5, 5.41) is 27.1. The maximum atomic E-state index is 14.0. The predicted octanol–water partition coefficient (Wildman–Crippen LogP) is 2.29. The van der Waals surface area contributed by atoms with Crippen molar-refractivity contribution in [2.75, 3.05) is 23.3 Å². The van der Waals surface area contributed by atoms with Gasteiger partial charge in [-0.2, -0.15) is 28.2 Å². The first-order valence-corrected chi connectivity index (χ1v) is 10.1. The van der Waals surface area contributed by atoms with Gasteiger partial charge < -0.3 is 20.4 Å². The van der Waals surface area contributed by atoms with Gasteiger partial charge >= 0.3 is 6.18 Å². The van der Waals surface area contributed by atoms with E-state index in [9.17, 15) is 27.8 Å². The molecule has 1 saturated carbocycles. The number of aliphatic hydroxyl groups excluding tert-OH is 2. The summed E-state index contributed by atoms with van der Waals surface area (Å²) in [5.41, 5.74) is -0.416. The lowest BCUT2D eigenvalue weighted by Crippen LogP contribution is -2.39. The van der Waals surface area contributed by atoms with E-state index in [1.54, 1.807) is 4.90 Å². The van der Waals surface area contributed by atoms with Crippen molar-refractivity contribution < 1.29 is 27.8 Å². The Morgan fingerprint density at radius 1 is 1.09 bits per heavy atom. The summed E-state index contributed by atoms with van der Waals surface area (Å²) in [7, 11) is 0. The van der Waals surface area contributed by atoms with Crippen LogP contribution >= 0.6 is 0 Å². The number of fused-ring (bicyclic) bond motifs is 1. The van der Waals surface area contributed by atoms with E-state index in [0.29, 0.717) is 24.0 Å². The molecule has 3 N–H and O–H groups in total. The molecule has 3 heterocycles. The highest BCUT2D eigenvalue weighted by Crippen LogP contribution is 2.33. The molecule has 170 valence electrons. The van der Waals surface area contributed by atoms with E-state index >= 15 is 0 Å². The zero-order chi connectivity index (χ0) is 22.6. The van der Waals surface area contributed by atoms with Gasteiger partial charge in [0.1, 0.15) is 18.1 Å². The first-order chi connectivity index (χ1) is 15.2. The van der Waals surface area contributed by atoms with E-state index in [4.69, 9.17) is 0 Å². The summed E-state index contributed by atoms with van der Waals surface area (Å²) < 4.78 is 54.9. The highest BCUT2D eigenvalue weighted by atomic mass is 19.4. The van der Waals surface area contributed by atoms with Crippen molar-refractivity contribution in [3.63, 3.8) is 0 Å². The van der Waals surface area contributed by atoms with Crippen LogP contribution in [0.4, 0.5) is 29.3 Å². The Morgan fingerprint density at radius 3 is 2.53 bits per heavy atom. The van der Waals surface area contributed by atoms with Crippen molar-refractivity contribution in [3.05, 3.63) is 36.0 Å². The third kappa shape index (κ3) is 3.73. The van der Waals surface area contributed by atoms with E-state index in [1.165, 1.54) is 23.0 Å². The Balaban J connectivity index is 1.60. The highest BCUT2D eigenvalue weighted by molar-refractivity contribution is 5.89. The fraction of sp³-hybridized carbons (Fsp3) is 0.450. The summed E-state index contributed by atoms with van der Waals surface area (Å²) in [5.74, 6) is 0.518. The molecular weight excluding hydrogens is 432 g/mol. The number of rotatable bonds is 4. The molecule has 3 aromatic rings. The molecule has 8 nitrogen and oxygen atoms in total. The third-order valence-corrected chi connectivity index (χ3v) is 5.79. The molecule has 2 aliphatic rings. The third-order valence-electron chi connectivity index (χ3n) is 5.79. The van der Waals surface area contributed by atoms with Crippen molar-refractivity contribution in [2.45, 2.75) is 43.4 Å². The second kappa shape index (κ2) is 7.55. The fourth-order valence-electron chi connectivity index (χ4n) is 4.01. The van der Waals surface area contributed by atoms with Crippen LogP contribution in [0, 0.1) is 0 Å². The smallest absolute Gasteiger partial charge is 0.393 e. The number of aromatic nitrogens is 4. The van der Waals surface area contributed by atoms with Gasteiger partial charge in [0.2, 0.25) is 5.95 Å². The number of aliphatic hydroxyl groups is 2. The Bertz CT molecular complexity index is 1140. The van der Waals surface area contributed by atoms with Gasteiger partial charge in [0.25, 0.3) is 0 Å². The average molecular weight is 452 g/mol. The summed E-state index contributed by atoms with van der Waals surface area (Å²) in [6.45, 7) is -0.0623. The maximum Gasteiger partial charge on any atom is 0.416 e. The normalized spacial score (nSPS) is 25.9. The number of anilines is 2. The molecule has 0 spiro atoms. The molecule has 1 aliphatic carbocycles. The molecule has 1 aliphatic heterocycles. The van der Waals surface area contributed by atoms with E-state index in [1.807, 2.05) is 0 Å². The van der Waals surface area contributed by atoms with E-state index < -0.39 is 30.1 Å². The van der Waals surface area contributed by atoms with Crippen LogP contribution in [0.5, 0.6) is 0 Å². The van der Waals surface area contributed by atoms with E-state index in [2.05, 4.69) is 20.4 Å². The van der Waals surface area contributed by atoms with Crippen LogP contribution in [0.2, 0.25) is 0 Å². The summed E-state index contributed by atoms with van der Waals surface area (Å²) in [6.07, 6.45) is -5.10. The molecule has 5 rings (SSSR count). The van der Waals surface area contributed by atoms with Gasteiger partial charge in [0, 0.05) is 12.6 Å². The standard InChI is InChI=1S/C20H20F4N6O2/c21-15-8-29(9-16(15)32)17-14-7-25-30(12-3-1-2-10(4-12)20(22,23)24)18(14)28-19(27-17)26-11-5-13(31)6-11/h1-4,7,11,13,15-16,31-32H,5-6,8-9H2,(H,26,27,28)/t11?,13?,15-,16-/m1/s1. The zero-order valence-electron chi connectivity index (χ0n) is 16.7. The summed E-state index contributed by atoms with van der Waals surface area (Å²) in [6, 6.07) is 4.65. The Morgan fingerprint density at radius 2 is 1.88 bits per heavy atom. The van der Waals surface area contributed by atoms with Crippen LogP contribution in [0.15, 0.2) is 30.5 Å². The SMILES string of the molecule is OC1CC(Nc2nc(N3C[C@@H](O)[C@H](F)C3)c3cnn(-c4cccc(C(F)(F)F)c4)c3n2)C1. The number of alkyl halides is 4. The average Bonchev–Trinajstić information content (AvgIpc) is 3.29. The maximum absolute atomic E-state index is 14.0. The van der Waals surface area contributed by atoms with E-state index in [0.717, 1.165) is 12.1 Å². The van der Waals surface area contributed by atoms with Crippen molar-refractivity contribution in [2.24, 2.45) is 0 Å². The summed E-state index contributed by atoms with van der Waals surface area (Å²) in [4.78, 5) is 10.5. The molecule has 12 heteroatoms. The Labute approximate surface area is 179 Å². The van der Waals surface area contributed by atoms with Gasteiger partial charge in [-0.25, -0.2) is 9.07 Å². The molecule has 0 bridgehead atoms. The zero-order valence-corrected chi connectivity index (χ0v) is 16.7. The van der Waals surface area contributed by atoms with Crippen molar-refractivity contribution in [1.29, 1.82) is 0 Å². The van der Waals surface area contributed by atoms with Crippen LogP contribution in [0.1, 0.15) is 18.4 Å². The molecule has 0 unspecified atom stereocenters. The summed E-state index contributed by atoms with van der Waals surface area (Å²) >= 11 is 0. The van der Waals surface area contributed by atoms with Gasteiger partial charge in [-0.05, 0) is 31.0 Å². The number of benzene rings is 1. The quantitative estimate of drug-likeness (QED) is 0.523. The van der Waals surface area contributed by atoms with Crippen LogP contribution in [0.25, 0.3) is 16.7 Å². The predicted molar refractivity (Wildman–Crippen MR) is 107 cm³/mol. The van der Waals surface area contributed by atoms with Crippen molar-refractivity contribution in [3.8, 4) is 5.69 Å². The molecule has 0 radical (unpaired) electrons. The fourth-order valence-corrected chi connectivity index (χ4v) is 4.01. The monoisotopic (exact) mass is 452 g/mol. The largest absolute Gasteiger partial charge is 0.416 e. The number of hydrogen-bond acceptors (Lipinski definition) is 7. The molecule has 2 fully saturated rings. The van der Waals surface area contributed by atoms with Gasteiger partial charge in [0.05, 0.1) is 35.5 Å². The lowest BCUT2D eigenvalue weighted by Gasteiger charge is -2.32. The van der Waals surface area contributed by atoms with E-state index in [-0.39, 0.29) is 36.4 Å². The van der Waals surface area contributed by atoms with Gasteiger partial charge in [-0.3, -0.25) is 0 Å². The highest BCUT2D eigenvalue weighted by Gasteiger charge is 2.35. The molecule has 2 aromatic heterocycles. The van der Waals surface area contributed by atoms with Crippen LogP contribution in [-0.4, -0.2) is 67.5 Å². The lowest BCUT2D eigenvalue weighted by atomic mass is 9.90. The molecule has 32 heavy (non-hydrogen) atoms. The molecule has 1 aromatic carbocycles. The number of halogens is 4. The molecule has 1 saturated heterocycles. The first-order valence-electron chi connectivity index (χ1n) is 10.1. The number of nitrogens with one attached hydrogen (secondary N) is 1. The molecule has 0 amide bonds. The first kappa shape index (κ1) is 20.9. The Kier molecular flexibility index (Phi) is 4.93. The number of β-amino-alcohol motifs (C(OH)–C–C–N with tert-alkyl or cyclic N) is 1. The minimum atomic E-state index is -4.52.